The second-order valence-electron chi connectivity index (χ2n) is 3.84. The Morgan fingerprint density at radius 2 is 2.38 bits per heavy atom. The van der Waals surface area contributed by atoms with E-state index in [4.69, 9.17) is 0 Å². The third kappa shape index (κ3) is 3.47. The van der Waals surface area contributed by atoms with Crippen molar-refractivity contribution in [2.45, 2.75) is 26.4 Å². The largest absolute Gasteiger partial charge is 0.337 e. The zero-order chi connectivity index (χ0) is 11.2. The van der Waals surface area contributed by atoms with Crippen LogP contribution in [0.4, 0.5) is 0 Å². The molecule has 2 aromatic rings. The fourth-order valence-electron chi connectivity index (χ4n) is 1.60. The van der Waals surface area contributed by atoms with Crippen LogP contribution < -0.4 is 5.32 Å². The van der Waals surface area contributed by atoms with Crippen molar-refractivity contribution in [3.05, 3.63) is 40.6 Å². The smallest absolute Gasteiger partial charge is 0.0945 e. The van der Waals surface area contributed by atoms with Gasteiger partial charge in [0.2, 0.25) is 0 Å². The van der Waals surface area contributed by atoms with E-state index >= 15 is 0 Å². The van der Waals surface area contributed by atoms with E-state index in [1.165, 1.54) is 9.75 Å². The molecule has 0 atom stereocenters. The minimum Gasteiger partial charge on any atom is -0.337 e. The SMILES string of the molecule is Cc1ccc(CNCCCn2ccnc2)s1. The highest BCUT2D eigenvalue weighted by atomic mass is 32.1. The maximum absolute atomic E-state index is 4.02. The van der Waals surface area contributed by atoms with Crippen molar-refractivity contribution in [2.75, 3.05) is 6.54 Å². The molecule has 16 heavy (non-hydrogen) atoms. The molecule has 0 saturated heterocycles. The van der Waals surface area contributed by atoms with Gasteiger partial charge in [-0.3, -0.25) is 0 Å². The summed E-state index contributed by atoms with van der Waals surface area (Å²) < 4.78 is 2.11. The Labute approximate surface area is 100 Å². The lowest BCUT2D eigenvalue weighted by molar-refractivity contribution is 0.583. The molecule has 0 radical (unpaired) electrons. The first-order valence-corrected chi connectivity index (χ1v) is 6.38. The molecule has 3 nitrogen and oxygen atoms in total. The first kappa shape index (κ1) is 11.4. The normalized spacial score (nSPS) is 10.8. The van der Waals surface area contributed by atoms with Gasteiger partial charge in [0.25, 0.3) is 0 Å². The molecule has 0 aliphatic carbocycles. The van der Waals surface area contributed by atoms with Crippen molar-refractivity contribution in [2.24, 2.45) is 0 Å². The van der Waals surface area contributed by atoms with Crippen LogP contribution in [-0.2, 0) is 13.1 Å². The lowest BCUT2D eigenvalue weighted by Crippen LogP contribution is -2.15. The zero-order valence-corrected chi connectivity index (χ0v) is 10.3. The number of imidazole rings is 1. The quantitative estimate of drug-likeness (QED) is 0.779. The van der Waals surface area contributed by atoms with Gasteiger partial charge in [-0.05, 0) is 32.0 Å². The predicted octanol–water partition coefficient (Wildman–Crippen LogP) is 2.43. The molecule has 0 unspecified atom stereocenters. The van der Waals surface area contributed by atoms with Gasteiger partial charge in [-0.15, -0.1) is 11.3 Å². The molecular formula is C12H17N3S. The van der Waals surface area contributed by atoms with E-state index in [1.807, 2.05) is 30.1 Å². The number of aryl methyl sites for hydroxylation is 2. The molecule has 0 bridgehead atoms. The van der Waals surface area contributed by atoms with Crippen molar-refractivity contribution in [1.29, 1.82) is 0 Å². The molecule has 0 fully saturated rings. The number of aromatic nitrogens is 2. The van der Waals surface area contributed by atoms with Crippen LogP contribution >= 0.6 is 11.3 Å². The number of thiophene rings is 1. The molecule has 86 valence electrons. The van der Waals surface area contributed by atoms with E-state index in [0.29, 0.717) is 0 Å². The van der Waals surface area contributed by atoms with E-state index in [-0.39, 0.29) is 0 Å². The lowest BCUT2D eigenvalue weighted by Gasteiger charge is -2.03. The summed E-state index contributed by atoms with van der Waals surface area (Å²) in [5, 5.41) is 3.45. The molecule has 0 aromatic carbocycles. The lowest BCUT2D eigenvalue weighted by atomic mass is 10.4. The molecule has 2 aromatic heterocycles. The first-order valence-electron chi connectivity index (χ1n) is 5.56. The second kappa shape index (κ2) is 5.82. The number of nitrogens with one attached hydrogen (secondary N) is 1. The predicted molar refractivity (Wildman–Crippen MR) is 67.6 cm³/mol. The number of nitrogens with zero attached hydrogens (tertiary/aromatic N) is 2. The van der Waals surface area contributed by atoms with Crippen LogP contribution in [0.3, 0.4) is 0 Å². The van der Waals surface area contributed by atoms with Gasteiger partial charge in [0, 0.05) is 35.2 Å². The first-order chi connectivity index (χ1) is 7.84. The molecule has 0 aliphatic heterocycles. The Kier molecular flexibility index (Phi) is 4.13. The Morgan fingerprint density at radius 3 is 3.06 bits per heavy atom. The van der Waals surface area contributed by atoms with Crippen LogP contribution in [0.5, 0.6) is 0 Å². The fourth-order valence-corrected chi connectivity index (χ4v) is 2.46. The standard InChI is InChI=1S/C12H17N3S/c1-11-3-4-12(16-11)9-13-5-2-7-15-8-6-14-10-15/h3-4,6,8,10,13H,2,5,7,9H2,1H3. The van der Waals surface area contributed by atoms with Crippen LogP contribution in [0, 0.1) is 6.92 Å². The van der Waals surface area contributed by atoms with Crippen molar-refractivity contribution in [3.8, 4) is 0 Å². The van der Waals surface area contributed by atoms with Crippen LogP contribution in [-0.4, -0.2) is 16.1 Å². The van der Waals surface area contributed by atoms with E-state index < -0.39 is 0 Å². The average Bonchev–Trinajstić information content (AvgIpc) is 2.89. The maximum atomic E-state index is 4.02. The van der Waals surface area contributed by atoms with E-state index in [0.717, 1.165) is 26.1 Å². The highest BCUT2D eigenvalue weighted by Crippen LogP contribution is 2.14. The number of hydrogen-bond donors (Lipinski definition) is 1. The molecule has 0 amide bonds. The van der Waals surface area contributed by atoms with Gasteiger partial charge in [0.05, 0.1) is 6.33 Å². The summed E-state index contributed by atoms with van der Waals surface area (Å²) in [6, 6.07) is 4.37. The van der Waals surface area contributed by atoms with Gasteiger partial charge in [0.1, 0.15) is 0 Å². The van der Waals surface area contributed by atoms with Gasteiger partial charge in [-0.1, -0.05) is 0 Å². The number of hydrogen-bond acceptors (Lipinski definition) is 3. The third-order valence-corrected chi connectivity index (χ3v) is 3.42. The van der Waals surface area contributed by atoms with Crippen molar-refractivity contribution in [1.82, 2.24) is 14.9 Å². The summed E-state index contributed by atoms with van der Waals surface area (Å²) in [6.07, 6.45) is 6.83. The van der Waals surface area contributed by atoms with Gasteiger partial charge >= 0.3 is 0 Å². The van der Waals surface area contributed by atoms with Crippen LogP contribution in [0.2, 0.25) is 0 Å². The van der Waals surface area contributed by atoms with Crippen molar-refractivity contribution in [3.63, 3.8) is 0 Å². The van der Waals surface area contributed by atoms with Crippen LogP contribution in [0.25, 0.3) is 0 Å². The maximum Gasteiger partial charge on any atom is 0.0945 e. The Bertz CT molecular complexity index is 406. The van der Waals surface area contributed by atoms with E-state index in [9.17, 15) is 0 Å². The summed E-state index contributed by atoms with van der Waals surface area (Å²) in [4.78, 5) is 6.82. The Hall–Kier alpha value is -1.13. The van der Waals surface area contributed by atoms with E-state index in [1.54, 1.807) is 0 Å². The van der Waals surface area contributed by atoms with E-state index in [2.05, 4.69) is 33.9 Å². The summed E-state index contributed by atoms with van der Waals surface area (Å²) in [5.41, 5.74) is 0. The van der Waals surface area contributed by atoms with Crippen LogP contribution in [0.1, 0.15) is 16.2 Å². The fraction of sp³-hybridized carbons (Fsp3) is 0.417. The van der Waals surface area contributed by atoms with Gasteiger partial charge in [-0.2, -0.15) is 0 Å². The van der Waals surface area contributed by atoms with Gasteiger partial charge < -0.3 is 9.88 Å². The molecule has 0 spiro atoms. The summed E-state index contributed by atoms with van der Waals surface area (Å²) >= 11 is 1.87. The second-order valence-corrected chi connectivity index (χ2v) is 5.22. The minimum atomic E-state index is 0.989. The molecular weight excluding hydrogens is 218 g/mol. The van der Waals surface area contributed by atoms with Crippen molar-refractivity contribution >= 4 is 11.3 Å². The minimum absolute atomic E-state index is 0.989. The van der Waals surface area contributed by atoms with Gasteiger partial charge in [0.15, 0.2) is 0 Å². The summed E-state index contributed by atoms with van der Waals surface area (Å²) in [5.74, 6) is 0. The summed E-state index contributed by atoms with van der Waals surface area (Å²) in [6.45, 7) is 5.22. The Morgan fingerprint density at radius 1 is 1.44 bits per heavy atom. The van der Waals surface area contributed by atoms with Gasteiger partial charge in [-0.25, -0.2) is 4.98 Å². The van der Waals surface area contributed by atoms with Crippen molar-refractivity contribution < 1.29 is 0 Å². The highest BCUT2D eigenvalue weighted by molar-refractivity contribution is 7.11. The third-order valence-electron chi connectivity index (χ3n) is 2.42. The molecule has 1 N–H and O–H groups in total. The molecule has 2 rings (SSSR count). The monoisotopic (exact) mass is 235 g/mol. The topological polar surface area (TPSA) is 29.9 Å². The summed E-state index contributed by atoms with van der Waals surface area (Å²) in [7, 11) is 0. The molecule has 2 heterocycles. The van der Waals surface area contributed by atoms with Crippen LogP contribution in [0.15, 0.2) is 30.9 Å². The highest BCUT2D eigenvalue weighted by Gasteiger charge is 1.96. The zero-order valence-electron chi connectivity index (χ0n) is 9.52. The average molecular weight is 235 g/mol. The molecule has 4 heteroatoms. The number of rotatable bonds is 6. The molecule has 0 saturated carbocycles. The Balaban J connectivity index is 1.59. The molecule has 0 aliphatic rings.